The number of hydrogen-bond acceptors (Lipinski definition) is 4. The normalized spacial score (nSPS) is 23.2. The van der Waals surface area contributed by atoms with Gasteiger partial charge in [-0.15, -0.1) is 0 Å². The molecule has 1 aliphatic heterocycles. The van der Waals surface area contributed by atoms with Crippen LogP contribution in [0.15, 0.2) is 12.3 Å². The molecule has 0 aromatic carbocycles. The second-order valence-corrected chi connectivity index (χ2v) is 2.73. The highest BCUT2D eigenvalue weighted by Crippen LogP contribution is 2.14. The van der Waals surface area contributed by atoms with Crippen LogP contribution in [-0.2, 0) is 14.3 Å². The lowest BCUT2D eigenvalue weighted by Crippen LogP contribution is -2.27. The Kier molecular flexibility index (Phi) is 3.10. The summed E-state index contributed by atoms with van der Waals surface area (Å²) in [6.07, 6.45) is 2.37. The molecule has 12 heavy (non-hydrogen) atoms. The van der Waals surface area contributed by atoms with Crippen LogP contribution in [-0.4, -0.2) is 18.9 Å². The highest BCUT2D eigenvalue weighted by atomic mass is 16.7. The van der Waals surface area contributed by atoms with Crippen LogP contribution in [0.4, 0.5) is 0 Å². The fraction of sp³-hybridized carbons (Fsp3) is 0.625. The molecule has 0 aromatic heterocycles. The fourth-order valence-electron chi connectivity index (χ4n) is 0.999. The maximum atomic E-state index is 10.9. The number of esters is 1. The summed E-state index contributed by atoms with van der Waals surface area (Å²) in [5.41, 5.74) is 5.05. The molecule has 4 heteroatoms. The summed E-state index contributed by atoms with van der Waals surface area (Å²) in [5.74, 6) is -0.582. The quantitative estimate of drug-likeness (QED) is 0.486. The zero-order valence-electron chi connectivity index (χ0n) is 6.91. The van der Waals surface area contributed by atoms with Gasteiger partial charge in [-0.1, -0.05) is 6.58 Å². The van der Waals surface area contributed by atoms with E-state index < -0.39 is 12.3 Å². The van der Waals surface area contributed by atoms with Gasteiger partial charge in [-0.25, -0.2) is 4.79 Å². The van der Waals surface area contributed by atoms with E-state index in [1.807, 2.05) is 0 Å². The van der Waals surface area contributed by atoms with Gasteiger partial charge in [0.2, 0.25) is 6.29 Å². The summed E-state index contributed by atoms with van der Waals surface area (Å²) in [4.78, 5) is 10.9. The molecule has 68 valence electrons. The van der Waals surface area contributed by atoms with Crippen LogP contribution in [0.2, 0.25) is 0 Å². The van der Waals surface area contributed by atoms with E-state index in [-0.39, 0.29) is 5.70 Å². The smallest absolute Gasteiger partial charge is 0.355 e. The SMILES string of the molecule is C=C(N)C(=O)OC1CCCCO1. The van der Waals surface area contributed by atoms with Crippen molar-refractivity contribution < 1.29 is 14.3 Å². The molecule has 0 saturated carbocycles. The lowest BCUT2D eigenvalue weighted by Gasteiger charge is -2.22. The van der Waals surface area contributed by atoms with E-state index in [2.05, 4.69) is 6.58 Å². The molecule has 0 amide bonds. The Morgan fingerprint density at radius 1 is 1.58 bits per heavy atom. The Hall–Kier alpha value is -1.03. The average Bonchev–Trinajstić information content (AvgIpc) is 2.06. The summed E-state index contributed by atoms with van der Waals surface area (Å²) < 4.78 is 10.0. The summed E-state index contributed by atoms with van der Waals surface area (Å²) in [5, 5.41) is 0. The van der Waals surface area contributed by atoms with Gasteiger partial charge in [0.05, 0.1) is 6.61 Å². The third-order valence-corrected chi connectivity index (χ3v) is 1.64. The van der Waals surface area contributed by atoms with E-state index in [9.17, 15) is 4.79 Å². The standard InChI is InChI=1S/C8H13NO3/c1-6(9)8(10)12-7-4-2-3-5-11-7/h7H,1-5,9H2. The van der Waals surface area contributed by atoms with Crippen molar-refractivity contribution in [2.75, 3.05) is 6.61 Å². The molecule has 1 fully saturated rings. The molecular formula is C8H13NO3. The van der Waals surface area contributed by atoms with Gasteiger partial charge in [0.15, 0.2) is 0 Å². The minimum atomic E-state index is -0.582. The van der Waals surface area contributed by atoms with Crippen molar-refractivity contribution in [1.82, 2.24) is 0 Å². The lowest BCUT2D eigenvalue weighted by atomic mass is 10.2. The first kappa shape index (κ1) is 9.06. The van der Waals surface area contributed by atoms with Crippen molar-refractivity contribution in [2.24, 2.45) is 5.73 Å². The van der Waals surface area contributed by atoms with Gasteiger partial charge in [0.25, 0.3) is 0 Å². The van der Waals surface area contributed by atoms with Gasteiger partial charge in [-0.05, 0) is 12.8 Å². The van der Waals surface area contributed by atoms with Crippen molar-refractivity contribution in [1.29, 1.82) is 0 Å². The summed E-state index contributed by atoms with van der Waals surface area (Å²) in [6.45, 7) is 3.92. The topological polar surface area (TPSA) is 61.6 Å². The van der Waals surface area contributed by atoms with Crippen molar-refractivity contribution in [2.45, 2.75) is 25.6 Å². The van der Waals surface area contributed by atoms with E-state index in [0.717, 1.165) is 19.3 Å². The molecule has 2 N–H and O–H groups in total. The predicted octanol–water partition coefficient (Wildman–Crippen LogP) is 0.529. The Balaban J connectivity index is 2.29. The lowest BCUT2D eigenvalue weighted by molar-refractivity contribution is -0.182. The molecule has 1 aliphatic rings. The first-order valence-electron chi connectivity index (χ1n) is 3.97. The van der Waals surface area contributed by atoms with E-state index in [1.54, 1.807) is 0 Å². The molecule has 1 atom stereocenters. The highest BCUT2D eigenvalue weighted by Gasteiger charge is 2.18. The van der Waals surface area contributed by atoms with E-state index in [1.165, 1.54) is 0 Å². The van der Waals surface area contributed by atoms with Crippen molar-refractivity contribution in [3.8, 4) is 0 Å². The molecule has 0 aliphatic carbocycles. The maximum Gasteiger partial charge on any atom is 0.355 e. The Morgan fingerprint density at radius 3 is 2.83 bits per heavy atom. The number of ether oxygens (including phenoxy) is 2. The van der Waals surface area contributed by atoms with Gasteiger partial charge in [-0.3, -0.25) is 0 Å². The van der Waals surface area contributed by atoms with Crippen LogP contribution in [0.25, 0.3) is 0 Å². The number of hydrogen-bond donors (Lipinski definition) is 1. The third kappa shape index (κ3) is 2.54. The van der Waals surface area contributed by atoms with Crippen LogP contribution < -0.4 is 5.73 Å². The first-order chi connectivity index (χ1) is 5.70. The number of rotatable bonds is 2. The molecule has 4 nitrogen and oxygen atoms in total. The van der Waals surface area contributed by atoms with Crippen LogP contribution in [0.5, 0.6) is 0 Å². The monoisotopic (exact) mass is 171 g/mol. The van der Waals surface area contributed by atoms with Crippen molar-refractivity contribution in [3.63, 3.8) is 0 Å². The molecule has 1 saturated heterocycles. The van der Waals surface area contributed by atoms with E-state index in [4.69, 9.17) is 15.2 Å². The summed E-state index contributed by atoms with van der Waals surface area (Å²) in [6, 6.07) is 0. The minimum Gasteiger partial charge on any atom is -0.431 e. The van der Waals surface area contributed by atoms with E-state index in [0.29, 0.717) is 6.61 Å². The zero-order valence-corrected chi connectivity index (χ0v) is 6.91. The maximum absolute atomic E-state index is 10.9. The second kappa shape index (κ2) is 4.11. The first-order valence-corrected chi connectivity index (χ1v) is 3.97. The molecular weight excluding hydrogens is 158 g/mol. The molecule has 1 rings (SSSR count). The third-order valence-electron chi connectivity index (χ3n) is 1.64. The average molecular weight is 171 g/mol. The molecule has 1 unspecified atom stereocenters. The Labute approximate surface area is 71.3 Å². The Morgan fingerprint density at radius 2 is 2.33 bits per heavy atom. The molecule has 0 bridgehead atoms. The molecule has 0 aromatic rings. The summed E-state index contributed by atoms with van der Waals surface area (Å²) >= 11 is 0. The number of carbonyl (C=O) groups is 1. The van der Waals surface area contributed by atoms with Gasteiger partial charge < -0.3 is 15.2 Å². The number of nitrogens with two attached hydrogens (primary N) is 1. The predicted molar refractivity (Wildman–Crippen MR) is 43.0 cm³/mol. The molecule has 0 spiro atoms. The van der Waals surface area contributed by atoms with Crippen LogP contribution >= 0.6 is 0 Å². The van der Waals surface area contributed by atoms with Gasteiger partial charge >= 0.3 is 5.97 Å². The molecule has 0 radical (unpaired) electrons. The summed E-state index contributed by atoms with van der Waals surface area (Å²) in [7, 11) is 0. The van der Waals surface area contributed by atoms with E-state index >= 15 is 0 Å². The number of carbonyl (C=O) groups excluding carboxylic acids is 1. The molecule has 1 heterocycles. The fourth-order valence-corrected chi connectivity index (χ4v) is 0.999. The minimum absolute atomic E-state index is 0.0795. The highest BCUT2D eigenvalue weighted by molar-refractivity contribution is 5.86. The largest absolute Gasteiger partial charge is 0.431 e. The van der Waals surface area contributed by atoms with Crippen LogP contribution in [0.1, 0.15) is 19.3 Å². The second-order valence-electron chi connectivity index (χ2n) is 2.73. The van der Waals surface area contributed by atoms with Gasteiger partial charge in [0.1, 0.15) is 5.70 Å². The van der Waals surface area contributed by atoms with Crippen molar-refractivity contribution in [3.05, 3.63) is 12.3 Å². The van der Waals surface area contributed by atoms with Crippen molar-refractivity contribution >= 4 is 5.97 Å². The van der Waals surface area contributed by atoms with Crippen LogP contribution in [0, 0.1) is 0 Å². The Bertz CT molecular complexity index is 185. The van der Waals surface area contributed by atoms with Gasteiger partial charge in [-0.2, -0.15) is 0 Å². The van der Waals surface area contributed by atoms with Crippen LogP contribution in [0.3, 0.4) is 0 Å². The zero-order chi connectivity index (χ0) is 8.97. The van der Waals surface area contributed by atoms with Gasteiger partial charge in [0, 0.05) is 6.42 Å².